The fraction of sp³-hybridized carbons (Fsp3) is 0.462. The van der Waals surface area contributed by atoms with Gasteiger partial charge in [0.1, 0.15) is 11.7 Å². The number of nitrogens with zero attached hydrogens (tertiary/aromatic N) is 1. The van der Waals surface area contributed by atoms with Crippen molar-refractivity contribution < 1.29 is 9.53 Å². The van der Waals surface area contributed by atoms with Crippen LogP contribution in [0.25, 0.3) is 0 Å². The van der Waals surface area contributed by atoms with Gasteiger partial charge in [-0.15, -0.1) is 0 Å². The smallest absolute Gasteiger partial charge is 0.236 e. The number of para-hydroxylation sites is 1. The maximum Gasteiger partial charge on any atom is 0.236 e. The van der Waals surface area contributed by atoms with Gasteiger partial charge >= 0.3 is 0 Å². The van der Waals surface area contributed by atoms with E-state index in [1.54, 1.807) is 0 Å². The number of ether oxygens (including phenoxy) is 1. The molecule has 3 atom stereocenters. The van der Waals surface area contributed by atoms with Crippen molar-refractivity contribution in [2.45, 2.75) is 70.7 Å². The molecule has 0 spiro atoms. The van der Waals surface area contributed by atoms with Crippen LogP contribution in [0.4, 0.5) is 5.69 Å². The van der Waals surface area contributed by atoms with E-state index in [4.69, 9.17) is 17.0 Å². The largest absolute Gasteiger partial charge is 0.467 e. The number of amides is 1. The van der Waals surface area contributed by atoms with Crippen molar-refractivity contribution in [1.29, 1.82) is 0 Å². The number of carbonyl (C=O) groups is 1. The van der Waals surface area contributed by atoms with E-state index in [2.05, 4.69) is 28.5 Å². The second-order valence-corrected chi connectivity index (χ2v) is 9.96. The highest BCUT2D eigenvalue weighted by molar-refractivity contribution is 7.80. The monoisotopic (exact) mass is 449 g/mol. The minimum absolute atomic E-state index is 0.0465. The molecule has 0 aromatic heterocycles. The molecule has 3 aliphatic rings. The molecular weight excluding hydrogens is 418 g/mol. The van der Waals surface area contributed by atoms with E-state index >= 15 is 0 Å². The van der Waals surface area contributed by atoms with Crippen LogP contribution in [0.15, 0.2) is 42.5 Å². The van der Waals surface area contributed by atoms with Gasteiger partial charge < -0.3 is 20.3 Å². The molecule has 1 amide bonds. The van der Waals surface area contributed by atoms with Crippen molar-refractivity contribution in [3.8, 4) is 5.75 Å². The number of aryl methyl sites for hydroxylation is 2. The van der Waals surface area contributed by atoms with Gasteiger partial charge in [0.2, 0.25) is 5.91 Å². The summed E-state index contributed by atoms with van der Waals surface area (Å²) < 4.78 is 6.68. The lowest BCUT2D eigenvalue weighted by Crippen LogP contribution is -2.73. The summed E-state index contributed by atoms with van der Waals surface area (Å²) in [6.07, 6.45) is 5.75. The number of anilines is 1. The normalized spacial score (nSPS) is 27.2. The molecule has 32 heavy (non-hydrogen) atoms. The van der Waals surface area contributed by atoms with Crippen LogP contribution in [0.5, 0.6) is 5.75 Å². The van der Waals surface area contributed by atoms with E-state index < -0.39 is 11.6 Å². The summed E-state index contributed by atoms with van der Waals surface area (Å²) in [5, 5.41) is 7.42. The Morgan fingerprint density at radius 3 is 2.66 bits per heavy atom. The summed E-state index contributed by atoms with van der Waals surface area (Å²) in [5.74, 6) is 0.327. The first-order valence-electron chi connectivity index (χ1n) is 11.6. The van der Waals surface area contributed by atoms with E-state index in [1.807, 2.05) is 50.2 Å². The van der Waals surface area contributed by atoms with Crippen LogP contribution in [0.3, 0.4) is 0 Å². The van der Waals surface area contributed by atoms with E-state index in [0.717, 1.165) is 35.4 Å². The summed E-state index contributed by atoms with van der Waals surface area (Å²) in [6, 6.07) is 14.1. The quantitative estimate of drug-likeness (QED) is 0.629. The Kier molecular flexibility index (Phi) is 5.36. The van der Waals surface area contributed by atoms with E-state index in [-0.39, 0.29) is 18.0 Å². The molecular formula is C26H31N3O2S. The molecule has 6 heteroatoms. The number of carbonyl (C=O) groups excluding carboxylic acids is 1. The number of fused-ring (bicyclic) bond motifs is 4. The van der Waals surface area contributed by atoms with Crippen LogP contribution in [0.2, 0.25) is 0 Å². The van der Waals surface area contributed by atoms with E-state index in [9.17, 15) is 4.79 Å². The molecule has 2 heterocycles. The second-order valence-electron chi connectivity index (χ2n) is 9.57. The number of nitrogens with one attached hydrogen (secondary N) is 2. The zero-order valence-electron chi connectivity index (χ0n) is 19.0. The average molecular weight is 450 g/mol. The van der Waals surface area contributed by atoms with Crippen molar-refractivity contribution >= 4 is 28.9 Å². The molecule has 0 radical (unpaired) electrons. The summed E-state index contributed by atoms with van der Waals surface area (Å²) in [5.41, 5.74) is 3.20. The third kappa shape index (κ3) is 3.45. The van der Waals surface area contributed by atoms with Crippen molar-refractivity contribution in [1.82, 2.24) is 10.2 Å². The van der Waals surface area contributed by atoms with Crippen LogP contribution < -0.4 is 15.4 Å². The lowest BCUT2D eigenvalue weighted by atomic mass is 9.77. The van der Waals surface area contributed by atoms with Crippen LogP contribution in [0, 0.1) is 19.8 Å². The summed E-state index contributed by atoms with van der Waals surface area (Å²) in [7, 11) is 0. The molecule has 2 aliphatic heterocycles. The molecule has 1 aliphatic carbocycles. The molecule has 2 aromatic rings. The Morgan fingerprint density at radius 2 is 1.91 bits per heavy atom. The molecule has 1 saturated heterocycles. The minimum Gasteiger partial charge on any atom is -0.467 e. The first-order chi connectivity index (χ1) is 15.4. The van der Waals surface area contributed by atoms with Crippen LogP contribution in [0.1, 0.15) is 61.8 Å². The highest BCUT2D eigenvalue weighted by Gasteiger charge is 2.59. The fourth-order valence-electron chi connectivity index (χ4n) is 5.80. The average Bonchev–Trinajstić information content (AvgIpc) is 2.75. The fourth-order valence-corrected chi connectivity index (χ4v) is 6.25. The Bertz CT molecular complexity index is 1060. The number of rotatable bonds is 3. The Morgan fingerprint density at radius 1 is 1.16 bits per heavy atom. The third-order valence-corrected chi connectivity index (χ3v) is 7.63. The van der Waals surface area contributed by atoms with Crippen molar-refractivity contribution in [2.75, 3.05) is 5.32 Å². The van der Waals surface area contributed by atoms with Crippen molar-refractivity contribution in [3.05, 3.63) is 59.2 Å². The van der Waals surface area contributed by atoms with Gasteiger partial charge in [0.05, 0.1) is 6.04 Å². The Hall–Kier alpha value is -2.60. The molecule has 2 bridgehead atoms. The topological polar surface area (TPSA) is 53.6 Å². The van der Waals surface area contributed by atoms with Crippen LogP contribution in [-0.4, -0.2) is 27.7 Å². The molecule has 2 fully saturated rings. The maximum absolute atomic E-state index is 13.9. The maximum atomic E-state index is 13.9. The first kappa shape index (κ1) is 21.3. The summed E-state index contributed by atoms with van der Waals surface area (Å²) in [6.45, 7) is 6.13. The molecule has 1 saturated carbocycles. The van der Waals surface area contributed by atoms with Gasteiger partial charge in [-0.05, 0) is 63.5 Å². The molecule has 168 valence electrons. The zero-order chi connectivity index (χ0) is 22.5. The lowest BCUT2D eigenvalue weighted by molar-refractivity contribution is -0.156. The van der Waals surface area contributed by atoms with Gasteiger partial charge in [0, 0.05) is 17.3 Å². The van der Waals surface area contributed by atoms with Crippen LogP contribution in [-0.2, 0) is 4.79 Å². The molecule has 2 N–H and O–H groups in total. The second kappa shape index (κ2) is 8.07. The number of thiocarbonyl (C=S) groups is 1. The van der Waals surface area contributed by atoms with Gasteiger partial charge in [0.15, 0.2) is 10.8 Å². The number of benzene rings is 2. The van der Waals surface area contributed by atoms with Crippen LogP contribution >= 0.6 is 12.2 Å². The van der Waals surface area contributed by atoms with Gasteiger partial charge in [-0.1, -0.05) is 55.2 Å². The highest BCUT2D eigenvalue weighted by Crippen LogP contribution is 2.50. The van der Waals surface area contributed by atoms with Crippen molar-refractivity contribution in [3.63, 3.8) is 0 Å². The standard InChI is InChI=1S/C26H31N3O2S/c1-16-13-14-20(17(2)15-16)27-24(30)22-23-19-11-7-8-12-21(19)31-26(22,3)29(25(32)28-23)18-9-5-4-6-10-18/h7-8,11-15,18,22-23H,4-6,9-10H2,1-3H3,(H,27,30)(H,28,32)/t22-,23-,26-/m0/s1. The summed E-state index contributed by atoms with van der Waals surface area (Å²) in [4.78, 5) is 16.1. The minimum atomic E-state index is -0.855. The third-order valence-electron chi connectivity index (χ3n) is 7.32. The first-order valence-corrected chi connectivity index (χ1v) is 12.1. The summed E-state index contributed by atoms with van der Waals surface area (Å²) >= 11 is 5.87. The lowest BCUT2D eigenvalue weighted by Gasteiger charge is -2.58. The molecule has 5 nitrogen and oxygen atoms in total. The number of hydrogen-bond donors (Lipinski definition) is 2. The molecule has 2 aromatic carbocycles. The number of hydrogen-bond acceptors (Lipinski definition) is 3. The van der Waals surface area contributed by atoms with Gasteiger partial charge in [0.25, 0.3) is 0 Å². The van der Waals surface area contributed by atoms with Gasteiger partial charge in [-0.3, -0.25) is 4.79 Å². The zero-order valence-corrected chi connectivity index (χ0v) is 19.8. The molecule has 5 rings (SSSR count). The van der Waals surface area contributed by atoms with Gasteiger partial charge in [-0.25, -0.2) is 0 Å². The van der Waals surface area contributed by atoms with E-state index in [0.29, 0.717) is 5.11 Å². The van der Waals surface area contributed by atoms with E-state index in [1.165, 1.54) is 24.8 Å². The predicted octanol–water partition coefficient (Wildman–Crippen LogP) is 5.23. The molecule has 0 unspecified atom stereocenters. The highest BCUT2D eigenvalue weighted by atomic mass is 32.1. The Balaban J connectivity index is 1.56. The SMILES string of the molecule is Cc1ccc(NC(=O)[C@@H]2[C@H]3NC(=S)N(C4CCCCC4)[C@@]2(C)Oc2ccccc23)c(C)c1. The predicted molar refractivity (Wildman–Crippen MR) is 131 cm³/mol. The van der Waals surface area contributed by atoms with Gasteiger partial charge in [-0.2, -0.15) is 0 Å². The Labute approximate surface area is 195 Å². The van der Waals surface area contributed by atoms with Crippen molar-refractivity contribution in [2.24, 2.45) is 5.92 Å².